The lowest BCUT2D eigenvalue weighted by molar-refractivity contribution is 0.437. The molecule has 3 nitrogen and oxygen atoms in total. The molecule has 0 saturated heterocycles. The van der Waals surface area contributed by atoms with Gasteiger partial charge in [-0.1, -0.05) is 65.7 Å². The van der Waals surface area contributed by atoms with Crippen molar-refractivity contribution in [2.24, 2.45) is 0 Å². The largest absolute Gasteiger partial charge is 0.218 e. The van der Waals surface area contributed by atoms with E-state index in [-0.39, 0.29) is 12.3 Å². The van der Waals surface area contributed by atoms with Crippen LogP contribution in [0, 0.1) is 0 Å². The number of hydrogen-bond donors (Lipinski definition) is 0. The Labute approximate surface area is 147 Å². The molecule has 2 aromatic carbocycles. The zero-order valence-corrected chi connectivity index (χ0v) is 14.8. The van der Waals surface area contributed by atoms with Crippen molar-refractivity contribution < 1.29 is 8.42 Å². The van der Waals surface area contributed by atoms with Crippen LogP contribution in [-0.2, 0) is 22.3 Å². The van der Waals surface area contributed by atoms with Crippen molar-refractivity contribution in [3.05, 3.63) is 82.4 Å². The van der Waals surface area contributed by atoms with Gasteiger partial charge in [-0.15, -0.1) is 6.58 Å². The molecular weight excluding hydrogens is 353 g/mol. The first-order valence-electron chi connectivity index (χ1n) is 6.99. The molecule has 0 heterocycles. The number of hydrogen-bond acceptors (Lipinski definition) is 2. The Hall–Kier alpha value is -1.33. The van der Waals surface area contributed by atoms with E-state index in [4.69, 9.17) is 23.2 Å². The summed E-state index contributed by atoms with van der Waals surface area (Å²) < 4.78 is 26.8. The zero-order valence-electron chi connectivity index (χ0n) is 12.5. The Morgan fingerprint density at radius 1 is 1.00 bits per heavy atom. The highest BCUT2D eigenvalue weighted by molar-refractivity contribution is 7.88. The van der Waals surface area contributed by atoms with E-state index in [1.54, 1.807) is 24.3 Å². The number of benzene rings is 2. The Bertz CT molecular complexity index is 776. The van der Waals surface area contributed by atoms with Gasteiger partial charge in [0, 0.05) is 13.1 Å². The van der Waals surface area contributed by atoms with E-state index in [0.717, 1.165) is 5.56 Å². The van der Waals surface area contributed by atoms with E-state index < -0.39 is 10.0 Å². The van der Waals surface area contributed by atoms with Gasteiger partial charge in [-0.3, -0.25) is 0 Å². The van der Waals surface area contributed by atoms with Gasteiger partial charge in [0.25, 0.3) is 0 Å². The number of rotatable bonds is 7. The van der Waals surface area contributed by atoms with Crippen molar-refractivity contribution in [3.8, 4) is 0 Å². The summed E-state index contributed by atoms with van der Waals surface area (Å²) >= 11 is 11.8. The molecule has 0 fully saturated rings. The van der Waals surface area contributed by atoms with Crippen molar-refractivity contribution in [1.29, 1.82) is 0 Å². The second-order valence-electron chi connectivity index (χ2n) is 5.07. The highest BCUT2D eigenvalue weighted by atomic mass is 35.5. The first-order valence-corrected chi connectivity index (χ1v) is 9.35. The fourth-order valence-corrected chi connectivity index (χ4v) is 3.92. The monoisotopic (exact) mass is 369 g/mol. The van der Waals surface area contributed by atoms with Crippen LogP contribution in [0.2, 0.25) is 10.0 Å². The van der Waals surface area contributed by atoms with E-state index in [2.05, 4.69) is 6.58 Å². The van der Waals surface area contributed by atoms with Gasteiger partial charge in [-0.05, 0) is 23.3 Å². The molecule has 0 amide bonds. The van der Waals surface area contributed by atoms with Crippen molar-refractivity contribution in [2.75, 3.05) is 6.54 Å². The number of nitrogens with zero attached hydrogens (tertiary/aromatic N) is 1. The van der Waals surface area contributed by atoms with Crippen LogP contribution in [0.1, 0.15) is 11.1 Å². The van der Waals surface area contributed by atoms with E-state index in [1.807, 2.05) is 30.3 Å². The quantitative estimate of drug-likeness (QED) is 0.673. The minimum Gasteiger partial charge on any atom is -0.212 e. The van der Waals surface area contributed by atoms with Gasteiger partial charge < -0.3 is 0 Å². The molecule has 0 saturated carbocycles. The van der Waals surface area contributed by atoms with E-state index in [1.165, 1.54) is 4.31 Å². The smallest absolute Gasteiger partial charge is 0.212 e. The topological polar surface area (TPSA) is 37.4 Å². The van der Waals surface area contributed by atoms with Crippen molar-refractivity contribution in [2.45, 2.75) is 12.3 Å². The van der Waals surface area contributed by atoms with Gasteiger partial charge in [-0.2, -0.15) is 4.31 Å². The fourth-order valence-electron chi connectivity index (χ4n) is 2.14. The maximum absolute atomic E-state index is 12.7. The number of sulfonamides is 1. The molecule has 6 heteroatoms. The third kappa shape index (κ3) is 5.08. The summed E-state index contributed by atoms with van der Waals surface area (Å²) in [5, 5.41) is 0.748. The molecule has 2 rings (SSSR count). The van der Waals surface area contributed by atoms with Crippen LogP contribution in [-0.4, -0.2) is 19.3 Å². The lowest BCUT2D eigenvalue weighted by atomic mass is 10.2. The van der Waals surface area contributed by atoms with Crippen molar-refractivity contribution in [3.63, 3.8) is 0 Å². The Balaban J connectivity index is 2.22. The van der Waals surface area contributed by atoms with E-state index >= 15 is 0 Å². The molecule has 0 spiro atoms. The van der Waals surface area contributed by atoms with Crippen molar-refractivity contribution in [1.82, 2.24) is 4.31 Å². The predicted molar refractivity (Wildman–Crippen MR) is 96.1 cm³/mol. The fraction of sp³-hybridized carbons (Fsp3) is 0.176. The van der Waals surface area contributed by atoms with Crippen LogP contribution < -0.4 is 0 Å². The standard InChI is InChI=1S/C17H17Cl2NO2S/c1-2-10-20(12-14-6-4-3-5-7-14)23(21,22)13-15-8-9-16(18)17(19)11-15/h2-9,11H,1,10,12-13H2. The maximum Gasteiger partial charge on any atom is 0.218 e. The average Bonchev–Trinajstić information content (AvgIpc) is 2.51. The van der Waals surface area contributed by atoms with Gasteiger partial charge in [0.2, 0.25) is 10.0 Å². The third-order valence-corrected chi connectivity index (χ3v) is 5.76. The zero-order chi connectivity index (χ0) is 16.9. The molecule has 0 unspecified atom stereocenters. The van der Waals surface area contributed by atoms with Crippen molar-refractivity contribution >= 4 is 33.2 Å². The molecule has 0 radical (unpaired) electrons. The SMILES string of the molecule is C=CCN(Cc1ccccc1)S(=O)(=O)Cc1ccc(Cl)c(Cl)c1. The molecule has 0 aliphatic rings. The molecular formula is C17H17Cl2NO2S. The first-order chi connectivity index (χ1) is 10.9. The van der Waals surface area contributed by atoms with E-state index in [0.29, 0.717) is 22.2 Å². The lowest BCUT2D eigenvalue weighted by Gasteiger charge is -2.21. The summed E-state index contributed by atoms with van der Waals surface area (Å²) in [5.74, 6) is -0.134. The second-order valence-corrected chi connectivity index (χ2v) is 7.85. The molecule has 0 atom stereocenters. The van der Waals surface area contributed by atoms with Gasteiger partial charge in [0.1, 0.15) is 0 Å². The Kier molecular flexibility index (Phi) is 6.25. The lowest BCUT2D eigenvalue weighted by Crippen LogP contribution is -2.31. The minimum atomic E-state index is -3.51. The first kappa shape index (κ1) is 18.0. The van der Waals surface area contributed by atoms with E-state index in [9.17, 15) is 8.42 Å². The van der Waals surface area contributed by atoms with Crippen LogP contribution in [0.25, 0.3) is 0 Å². The van der Waals surface area contributed by atoms with Crippen LogP contribution in [0.3, 0.4) is 0 Å². The maximum atomic E-state index is 12.7. The van der Waals surface area contributed by atoms with Crippen LogP contribution in [0.15, 0.2) is 61.2 Å². The van der Waals surface area contributed by atoms with Crippen LogP contribution >= 0.6 is 23.2 Å². The summed E-state index contributed by atoms with van der Waals surface area (Å²) in [5.41, 5.74) is 1.52. The molecule has 0 aromatic heterocycles. The highest BCUT2D eigenvalue weighted by Gasteiger charge is 2.22. The summed E-state index contributed by atoms with van der Waals surface area (Å²) in [4.78, 5) is 0. The molecule has 0 aliphatic carbocycles. The highest BCUT2D eigenvalue weighted by Crippen LogP contribution is 2.24. The molecule has 0 aliphatic heterocycles. The number of halogens is 2. The Morgan fingerprint density at radius 3 is 2.30 bits per heavy atom. The second kappa shape index (κ2) is 7.97. The Morgan fingerprint density at radius 2 is 1.70 bits per heavy atom. The van der Waals surface area contributed by atoms with Gasteiger partial charge in [0.05, 0.1) is 15.8 Å². The van der Waals surface area contributed by atoms with Crippen LogP contribution in [0.4, 0.5) is 0 Å². The third-order valence-electron chi connectivity index (χ3n) is 3.26. The normalized spacial score (nSPS) is 11.6. The molecule has 0 bridgehead atoms. The summed E-state index contributed by atoms with van der Waals surface area (Å²) in [7, 11) is -3.51. The van der Waals surface area contributed by atoms with Gasteiger partial charge in [0.15, 0.2) is 0 Å². The molecule has 2 aromatic rings. The summed E-state index contributed by atoms with van der Waals surface area (Å²) in [6, 6.07) is 14.3. The van der Waals surface area contributed by atoms with Gasteiger partial charge in [-0.25, -0.2) is 8.42 Å². The molecule has 23 heavy (non-hydrogen) atoms. The minimum absolute atomic E-state index is 0.134. The summed E-state index contributed by atoms with van der Waals surface area (Å²) in [6.45, 7) is 4.19. The molecule has 122 valence electrons. The molecule has 0 N–H and O–H groups in total. The average molecular weight is 370 g/mol. The van der Waals surface area contributed by atoms with Gasteiger partial charge >= 0.3 is 0 Å². The van der Waals surface area contributed by atoms with Crippen LogP contribution in [0.5, 0.6) is 0 Å². The predicted octanol–water partition coefficient (Wildman–Crippen LogP) is 4.51. The summed E-state index contributed by atoms with van der Waals surface area (Å²) in [6.07, 6.45) is 1.58.